The molecule has 35 heavy (non-hydrogen) atoms. The SMILES string of the molecule is O=C(O)CCOCCOCCNC(=O)COc1cccc2c1C(=O)N(C1CCC(=O)NC1=O)C2=O. The lowest BCUT2D eigenvalue weighted by Gasteiger charge is -2.27. The van der Waals surface area contributed by atoms with E-state index in [1.807, 2.05) is 0 Å². The van der Waals surface area contributed by atoms with Crippen molar-refractivity contribution in [3.8, 4) is 5.75 Å². The molecule has 3 rings (SSSR count). The van der Waals surface area contributed by atoms with Crippen molar-refractivity contribution in [2.75, 3.05) is 39.6 Å². The lowest BCUT2D eigenvalue weighted by molar-refractivity contribution is -0.138. The van der Waals surface area contributed by atoms with E-state index in [0.717, 1.165) is 4.90 Å². The maximum Gasteiger partial charge on any atom is 0.305 e. The Morgan fingerprint density at radius 2 is 1.80 bits per heavy atom. The summed E-state index contributed by atoms with van der Waals surface area (Å²) in [5, 5.41) is 13.2. The quantitative estimate of drug-likeness (QED) is 0.231. The number of piperidine rings is 1. The first-order chi connectivity index (χ1) is 16.8. The van der Waals surface area contributed by atoms with Gasteiger partial charge < -0.3 is 24.6 Å². The minimum atomic E-state index is -1.10. The maximum atomic E-state index is 13.0. The number of carboxylic acid groups (broad SMARTS) is 1. The average molecular weight is 491 g/mol. The molecule has 0 saturated carbocycles. The number of hydrogen-bond acceptors (Lipinski definition) is 9. The van der Waals surface area contributed by atoms with E-state index in [4.69, 9.17) is 19.3 Å². The lowest BCUT2D eigenvalue weighted by Crippen LogP contribution is -2.54. The number of rotatable bonds is 13. The number of hydrogen-bond donors (Lipinski definition) is 3. The number of imide groups is 2. The molecule has 1 aromatic carbocycles. The summed E-state index contributed by atoms with van der Waals surface area (Å²) in [6.45, 7) is 0.519. The van der Waals surface area contributed by atoms with E-state index in [1.165, 1.54) is 18.2 Å². The van der Waals surface area contributed by atoms with Gasteiger partial charge in [0.2, 0.25) is 11.8 Å². The van der Waals surface area contributed by atoms with Crippen LogP contribution >= 0.6 is 0 Å². The molecule has 1 aromatic rings. The van der Waals surface area contributed by atoms with Crippen molar-refractivity contribution in [1.29, 1.82) is 0 Å². The van der Waals surface area contributed by atoms with E-state index in [0.29, 0.717) is 0 Å². The largest absolute Gasteiger partial charge is 0.483 e. The molecule has 0 aromatic heterocycles. The molecule has 1 unspecified atom stereocenters. The van der Waals surface area contributed by atoms with E-state index >= 15 is 0 Å². The summed E-state index contributed by atoms with van der Waals surface area (Å²) < 4.78 is 15.8. The van der Waals surface area contributed by atoms with Crippen LogP contribution in [-0.4, -0.2) is 91.1 Å². The van der Waals surface area contributed by atoms with Gasteiger partial charge in [0.05, 0.1) is 44.0 Å². The second-order valence-corrected chi connectivity index (χ2v) is 7.63. The van der Waals surface area contributed by atoms with Crippen LogP contribution in [0.5, 0.6) is 5.75 Å². The van der Waals surface area contributed by atoms with Crippen molar-refractivity contribution >= 4 is 35.5 Å². The van der Waals surface area contributed by atoms with Crippen molar-refractivity contribution in [2.24, 2.45) is 0 Å². The third-order valence-corrected chi connectivity index (χ3v) is 5.19. The Morgan fingerprint density at radius 3 is 2.51 bits per heavy atom. The number of carbonyl (C=O) groups excluding carboxylic acids is 5. The summed E-state index contributed by atoms with van der Waals surface area (Å²) in [5.41, 5.74) is 0.0119. The Kier molecular flexibility index (Phi) is 8.86. The van der Waals surface area contributed by atoms with Crippen LogP contribution < -0.4 is 15.4 Å². The van der Waals surface area contributed by atoms with Crippen LogP contribution in [0, 0.1) is 0 Å². The molecule has 0 spiro atoms. The first-order valence-corrected chi connectivity index (χ1v) is 10.9. The van der Waals surface area contributed by atoms with Gasteiger partial charge in [-0.2, -0.15) is 0 Å². The fourth-order valence-electron chi connectivity index (χ4n) is 3.54. The molecule has 0 radical (unpaired) electrons. The van der Waals surface area contributed by atoms with Crippen LogP contribution in [0.15, 0.2) is 18.2 Å². The molecular weight excluding hydrogens is 466 g/mol. The molecule has 3 N–H and O–H groups in total. The van der Waals surface area contributed by atoms with Gasteiger partial charge in [-0.1, -0.05) is 6.07 Å². The highest BCUT2D eigenvalue weighted by molar-refractivity contribution is 6.24. The number of amides is 5. The van der Waals surface area contributed by atoms with Crippen molar-refractivity contribution in [2.45, 2.75) is 25.3 Å². The van der Waals surface area contributed by atoms with Crippen LogP contribution in [0.3, 0.4) is 0 Å². The summed E-state index contributed by atoms with van der Waals surface area (Å²) in [5.74, 6) is -3.98. The van der Waals surface area contributed by atoms with E-state index in [-0.39, 0.29) is 69.1 Å². The molecule has 13 heteroatoms. The number of benzene rings is 1. The van der Waals surface area contributed by atoms with Crippen LogP contribution in [0.1, 0.15) is 40.0 Å². The second kappa shape index (κ2) is 12.0. The fraction of sp³-hybridized carbons (Fsp3) is 0.455. The Hall–Kier alpha value is -3.84. The smallest absolute Gasteiger partial charge is 0.305 e. The number of ether oxygens (including phenoxy) is 3. The van der Waals surface area contributed by atoms with Crippen LogP contribution in [0.4, 0.5) is 0 Å². The van der Waals surface area contributed by atoms with Gasteiger partial charge in [0.1, 0.15) is 11.8 Å². The van der Waals surface area contributed by atoms with Gasteiger partial charge in [0.15, 0.2) is 6.61 Å². The van der Waals surface area contributed by atoms with Crippen LogP contribution in [0.25, 0.3) is 0 Å². The van der Waals surface area contributed by atoms with Gasteiger partial charge in [-0.3, -0.25) is 39.0 Å². The van der Waals surface area contributed by atoms with E-state index < -0.39 is 48.2 Å². The Balaban J connectivity index is 1.45. The van der Waals surface area contributed by atoms with Crippen molar-refractivity contribution in [3.05, 3.63) is 29.3 Å². The normalized spacial score (nSPS) is 17.3. The number of nitrogens with one attached hydrogen (secondary N) is 2. The minimum absolute atomic E-state index is 0.00873. The molecule has 188 valence electrons. The minimum Gasteiger partial charge on any atom is -0.483 e. The highest BCUT2D eigenvalue weighted by Crippen LogP contribution is 2.33. The Labute approximate surface area is 199 Å². The van der Waals surface area contributed by atoms with E-state index in [9.17, 15) is 28.8 Å². The number of carbonyl (C=O) groups is 6. The average Bonchev–Trinajstić information content (AvgIpc) is 3.07. The van der Waals surface area contributed by atoms with Gasteiger partial charge in [-0.25, -0.2) is 0 Å². The number of carboxylic acids is 1. The summed E-state index contributed by atoms with van der Waals surface area (Å²) in [7, 11) is 0. The predicted octanol–water partition coefficient (Wildman–Crippen LogP) is -0.909. The van der Waals surface area contributed by atoms with Gasteiger partial charge in [-0.15, -0.1) is 0 Å². The zero-order valence-corrected chi connectivity index (χ0v) is 18.7. The molecular formula is C22H25N3O10. The number of aliphatic carboxylic acids is 1. The molecule has 1 atom stereocenters. The van der Waals surface area contributed by atoms with E-state index in [1.54, 1.807) is 0 Å². The summed E-state index contributed by atoms with van der Waals surface area (Å²) in [6, 6.07) is 3.27. The van der Waals surface area contributed by atoms with Crippen molar-refractivity contribution < 1.29 is 48.1 Å². The van der Waals surface area contributed by atoms with Gasteiger partial charge >= 0.3 is 5.97 Å². The first-order valence-electron chi connectivity index (χ1n) is 10.9. The molecule has 5 amide bonds. The fourth-order valence-corrected chi connectivity index (χ4v) is 3.54. The maximum absolute atomic E-state index is 13.0. The van der Waals surface area contributed by atoms with Crippen LogP contribution in [-0.2, 0) is 28.7 Å². The lowest BCUT2D eigenvalue weighted by atomic mass is 10.0. The molecule has 2 aliphatic heterocycles. The molecule has 2 aliphatic rings. The summed E-state index contributed by atoms with van der Waals surface area (Å²) in [4.78, 5) is 72.6. The Morgan fingerprint density at radius 1 is 1.06 bits per heavy atom. The molecule has 2 heterocycles. The molecule has 1 saturated heterocycles. The molecule has 1 fully saturated rings. The standard InChI is InChI=1S/C22H25N3O10/c26-16-5-4-14(20(30)24-16)25-21(31)13-2-1-3-15(19(13)22(25)32)35-12-17(27)23-7-9-34-11-10-33-8-6-18(28)29/h1-3,14H,4-12H2,(H,23,27)(H,28,29)(H,24,26,30). The Bertz CT molecular complexity index is 1020. The molecule has 13 nitrogen and oxygen atoms in total. The second-order valence-electron chi connectivity index (χ2n) is 7.63. The van der Waals surface area contributed by atoms with Gasteiger partial charge in [-0.05, 0) is 18.6 Å². The van der Waals surface area contributed by atoms with Crippen molar-refractivity contribution in [1.82, 2.24) is 15.5 Å². The third-order valence-electron chi connectivity index (χ3n) is 5.19. The highest BCUT2D eigenvalue weighted by atomic mass is 16.5. The topological polar surface area (TPSA) is 178 Å². The van der Waals surface area contributed by atoms with Crippen molar-refractivity contribution in [3.63, 3.8) is 0 Å². The summed E-state index contributed by atoms with van der Waals surface area (Å²) >= 11 is 0. The zero-order chi connectivity index (χ0) is 25.4. The first kappa shape index (κ1) is 25.8. The van der Waals surface area contributed by atoms with Gasteiger partial charge in [0.25, 0.3) is 17.7 Å². The van der Waals surface area contributed by atoms with E-state index in [2.05, 4.69) is 10.6 Å². The monoisotopic (exact) mass is 491 g/mol. The zero-order valence-electron chi connectivity index (χ0n) is 18.7. The molecule has 0 bridgehead atoms. The molecule has 0 aliphatic carbocycles. The van der Waals surface area contributed by atoms with Gasteiger partial charge in [0, 0.05) is 13.0 Å². The third kappa shape index (κ3) is 6.61. The number of nitrogens with zero attached hydrogens (tertiary/aromatic N) is 1. The number of fused-ring (bicyclic) bond motifs is 1. The highest BCUT2D eigenvalue weighted by Gasteiger charge is 2.46. The van der Waals surface area contributed by atoms with Crippen LogP contribution in [0.2, 0.25) is 0 Å². The summed E-state index contributed by atoms with van der Waals surface area (Å²) in [6.07, 6.45) is -0.0462. The predicted molar refractivity (Wildman–Crippen MR) is 116 cm³/mol.